The SMILES string of the molecule is COc1cc(SC(C)C)cc(OC)c1CN. The summed E-state index contributed by atoms with van der Waals surface area (Å²) in [6, 6.07) is 4.02. The number of ether oxygens (including phenoxy) is 2. The van der Waals surface area contributed by atoms with Crippen LogP contribution in [0.4, 0.5) is 0 Å². The maximum atomic E-state index is 5.69. The third-order valence-corrected chi connectivity index (χ3v) is 3.14. The highest BCUT2D eigenvalue weighted by Crippen LogP contribution is 2.35. The molecular weight excluding hydrogens is 222 g/mol. The molecule has 0 aliphatic heterocycles. The molecule has 0 amide bonds. The Labute approximate surface area is 101 Å². The zero-order valence-electron chi connectivity index (χ0n) is 10.2. The predicted octanol–water partition coefficient (Wildman–Crippen LogP) is 2.66. The minimum absolute atomic E-state index is 0.416. The number of methoxy groups -OCH3 is 2. The zero-order valence-corrected chi connectivity index (χ0v) is 11.1. The second-order valence-corrected chi connectivity index (χ2v) is 5.33. The van der Waals surface area contributed by atoms with Crippen molar-refractivity contribution in [2.75, 3.05) is 14.2 Å². The van der Waals surface area contributed by atoms with Gasteiger partial charge in [-0.3, -0.25) is 0 Å². The van der Waals surface area contributed by atoms with E-state index in [0.29, 0.717) is 11.8 Å². The van der Waals surface area contributed by atoms with Crippen LogP contribution in [0.2, 0.25) is 0 Å². The molecule has 0 aromatic heterocycles. The molecule has 0 unspecified atom stereocenters. The van der Waals surface area contributed by atoms with Gasteiger partial charge in [-0.05, 0) is 12.1 Å². The molecule has 0 aliphatic carbocycles. The van der Waals surface area contributed by atoms with E-state index < -0.39 is 0 Å². The third-order valence-electron chi connectivity index (χ3n) is 2.16. The minimum atomic E-state index is 0.416. The van der Waals surface area contributed by atoms with Gasteiger partial charge in [0.2, 0.25) is 0 Å². The fraction of sp³-hybridized carbons (Fsp3) is 0.500. The lowest BCUT2D eigenvalue weighted by Crippen LogP contribution is -2.03. The molecule has 16 heavy (non-hydrogen) atoms. The second kappa shape index (κ2) is 6.01. The van der Waals surface area contributed by atoms with Crippen LogP contribution < -0.4 is 15.2 Å². The minimum Gasteiger partial charge on any atom is -0.496 e. The molecule has 1 aromatic carbocycles. The van der Waals surface area contributed by atoms with Gasteiger partial charge in [-0.1, -0.05) is 13.8 Å². The van der Waals surface area contributed by atoms with Crippen molar-refractivity contribution >= 4 is 11.8 Å². The molecule has 0 fully saturated rings. The van der Waals surface area contributed by atoms with Crippen molar-refractivity contribution in [2.24, 2.45) is 5.73 Å². The zero-order chi connectivity index (χ0) is 12.1. The van der Waals surface area contributed by atoms with E-state index in [4.69, 9.17) is 15.2 Å². The van der Waals surface area contributed by atoms with Gasteiger partial charge in [0.05, 0.1) is 14.2 Å². The summed E-state index contributed by atoms with van der Waals surface area (Å²) in [6.45, 7) is 4.72. The van der Waals surface area contributed by atoms with E-state index in [0.717, 1.165) is 22.0 Å². The number of nitrogens with two attached hydrogens (primary N) is 1. The molecule has 0 radical (unpaired) electrons. The van der Waals surface area contributed by atoms with E-state index >= 15 is 0 Å². The molecular formula is C12H19NO2S. The summed E-state index contributed by atoms with van der Waals surface area (Å²) in [5.74, 6) is 1.59. The van der Waals surface area contributed by atoms with Crippen molar-refractivity contribution in [1.82, 2.24) is 0 Å². The van der Waals surface area contributed by atoms with Gasteiger partial charge in [0, 0.05) is 22.3 Å². The average molecular weight is 241 g/mol. The van der Waals surface area contributed by atoms with Crippen molar-refractivity contribution in [3.8, 4) is 11.5 Å². The van der Waals surface area contributed by atoms with Crippen LogP contribution in [0.15, 0.2) is 17.0 Å². The summed E-state index contributed by atoms with van der Waals surface area (Å²) >= 11 is 1.78. The molecule has 0 spiro atoms. The van der Waals surface area contributed by atoms with Gasteiger partial charge in [-0.2, -0.15) is 0 Å². The van der Waals surface area contributed by atoms with Crippen LogP contribution >= 0.6 is 11.8 Å². The summed E-state index contributed by atoms with van der Waals surface area (Å²) in [5, 5.41) is 0.526. The summed E-state index contributed by atoms with van der Waals surface area (Å²) in [6.07, 6.45) is 0. The fourth-order valence-electron chi connectivity index (χ4n) is 1.50. The van der Waals surface area contributed by atoms with E-state index in [1.165, 1.54) is 0 Å². The van der Waals surface area contributed by atoms with Gasteiger partial charge in [0.1, 0.15) is 11.5 Å². The van der Waals surface area contributed by atoms with Crippen molar-refractivity contribution < 1.29 is 9.47 Å². The van der Waals surface area contributed by atoms with Gasteiger partial charge in [0.15, 0.2) is 0 Å². The van der Waals surface area contributed by atoms with Crippen LogP contribution in [-0.2, 0) is 6.54 Å². The van der Waals surface area contributed by atoms with E-state index in [9.17, 15) is 0 Å². The topological polar surface area (TPSA) is 44.5 Å². The molecule has 4 heteroatoms. The molecule has 90 valence electrons. The molecule has 0 atom stereocenters. The standard InChI is InChI=1S/C12H19NO2S/c1-8(2)16-9-5-11(14-3)10(7-13)12(6-9)15-4/h5-6,8H,7,13H2,1-4H3. The highest BCUT2D eigenvalue weighted by atomic mass is 32.2. The Hall–Kier alpha value is -0.870. The van der Waals surface area contributed by atoms with Crippen LogP contribution in [0.3, 0.4) is 0 Å². The molecule has 0 heterocycles. The Balaban J connectivity index is 3.15. The first-order valence-electron chi connectivity index (χ1n) is 5.24. The Morgan fingerprint density at radius 1 is 1.19 bits per heavy atom. The van der Waals surface area contributed by atoms with Gasteiger partial charge < -0.3 is 15.2 Å². The lowest BCUT2D eigenvalue weighted by molar-refractivity contribution is 0.383. The van der Waals surface area contributed by atoms with Crippen LogP contribution in [0.25, 0.3) is 0 Å². The van der Waals surface area contributed by atoms with E-state index in [1.807, 2.05) is 12.1 Å². The monoisotopic (exact) mass is 241 g/mol. The summed E-state index contributed by atoms with van der Waals surface area (Å²) in [5.41, 5.74) is 6.60. The Morgan fingerprint density at radius 3 is 2.00 bits per heavy atom. The maximum absolute atomic E-state index is 5.69. The molecule has 2 N–H and O–H groups in total. The average Bonchev–Trinajstić information content (AvgIpc) is 2.26. The molecule has 0 bridgehead atoms. The molecule has 0 saturated heterocycles. The summed E-state index contributed by atoms with van der Waals surface area (Å²) in [7, 11) is 3.30. The second-order valence-electron chi connectivity index (χ2n) is 3.68. The van der Waals surface area contributed by atoms with Crippen LogP contribution in [-0.4, -0.2) is 19.5 Å². The number of hydrogen-bond donors (Lipinski definition) is 1. The Morgan fingerprint density at radius 2 is 1.69 bits per heavy atom. The fourth-order valence-corrected chi connectivity index (χ4v) is 2.40. The Bertz CT molecular complexity index is 328. The van der Waals surface area contributed by atoms with Crippen molar-refractivity contribution in [2.45, 2.75) is 30.5 Å². The van der Waals surface area contributed by atoms with Crippen LogP contribution in [0.5, 0.6) is 11.5 Å². The summed E-state index contributed by atoms with van der Waals surface area (Å²) < 4.78 is 10.7. The van der Waals surface area contributed by atoms with Gasteiger partial charge in [0.25, 0.3) is 0 Å². The van der Waals surface area contributed by atoms with Gasteiger partial charge >= 0.3 is 0 Å². The van der Waals surface area contributed by atoms with Crippen LogP contribution in [0, 0.1) is 0 Å². The molecule has 0 saturated carbocycles. The lowest BCUT2D eigenvalue weighted by Gasteiger charge is -2.14. The first kappa shape index (κ1) is 13.2. The van der Waals surface area contributed by atoms with E-state index in [-0.39, 0.29) is 0 Å². The Kier molecular flexibility index (Phi) is 4.96. The predicted molar refractivity (Wildman–Crippen MR) is 68.4 cm³/mol. The quantitative estimate of drug-likeness (QED) is 0.805. The first-order chi connectivity index (χ1) is 7.62. The lowest BCUT2D eigenvalue weighted by atomic mass is 10.2. The third kappa shape index (κ3) is 3.06. The highest BCUT2D eigenvalue weighted by molar-refractivity contribution is 7.99. The molecule has 3 nitrogen and oxygen atoms in total. The van der Waals surface area contributed by atoms with Crippen molar-refractivity contribution in [1.29, 1.82) is 0 Å². The largest absolute Gasteiger partial charge is 0.496 e. The normalized spacial score (nSPS) is 10.6. The molecule has 0 aliphatic rings. The van der Waals surface area contributed by atoms with Crippen molar-refractivity contribution in [3.05, 3.63) is 17.7 Å². The van der Waals surface area contributed by atoms with Gasteiger partial charge in [-0.25, -0.2) is 0 Å². The first-order valence-corrected chi connectivity index (χ1v) is 6.12. The maximum Gasteiger partial charge on any atom is 0.128 e. The molecule has 1 rings (SSSR count). The van der Waals surface area contributed by atoms with E-state index in [2.05, 4.69) is 13.8 Å². The number of rotatable bonds is 5. The number of benzene rings is 1. The van der Waals surface area contributed by atoms with E-state index in [1.54, 1.807) is 26.0 Å². The summed E-state index contributed by atoms with van der Waals surface area (Å²) in [4.78, 5) is 1.14. The van der Waals surface area contributed by atoms with Crippen LogP contribution in [0.1, 0.15) is 19.4 Å². The van der Waals surface area contributed by atoms with Gasteiger partial charge in [-0.15, -0.1) is 11.8 Å². The number of hydrogen-bond acceptors (Lipinski definition) is 4. The molecule has 1 aromatic rings. The number of thioether (sulfide) groups is 1. The smallest absolute Gasteiger partial charge is 0.128 e. The highest BCUT2D eigenvalue weighted by Gasteiger charge is 2.11. The van der Waals surface area contributed by atoms with Crippen molar-refractivity contribution in [3.63, 3.8) is 0 Å².